The van der Waals surface area contributed by atoms with Gasteiger partial charge in [-0.25, -0.2) is 8.78 Å². The van der Waals surface area contributed by atoms with Gasteiger partial charge >= 0.3 is 0 Å². The second-order valence-corrected chi connectivity index (χ2v) is 4.83. The number of rotatable bonds is 6. The largest absolute Gasteiger partial charge is 0.356 e. The van der Waals surface area contributed by atoms with E-state index in [0.717, 1.165) is 13.0 Å². The highest BCUT2D eigenvalue weighted by Crippen LogP contribution is 2.49. The van der Waals surface area contributed by atoms with Crippen LogP contribution in [0.2, 0.25) is 0 Å². The molecule has 0 aromatic heterocycles. The molecule has 2 unspecified atom stereocenters. The van der Waals surface area contributed by atoms with Gasteiger partial charge in [-0.05, 0) is 38.6 Å². The second kappa shape index (κ2) is 6.10. The average molecular weight is 268 g/mol. The van der Waals surface area contributed by atoms with Crippen LogP contribution in [0, 0.1) is 17.6 Å². The van der Waals surface area contributed by atoms with E-state index in [2.05, 4.69) is 10.6 Å². The molecule has 2 N–H and O–H groups in total. The van der Waals surface area contributed by atoms with E-state index in [9.17, 15) is 13.6 Å². The molecule has 1 aromatic carbocycles. The second-order valence-electron chi connectivity index (χ2n) is 4.83. The minimum absolute atomic E-state index is 0.0536. The van der Waals surface area contributed by atoms with Crippen LogP contribution in [-0.2, 0) is 4.79 Å². The summed E-state index contributed by atoms with van der Waals surface area (Å²) >= 11 is 0. The average Bonchev–Trinajstić information content (AvgIpc) is 3.14. The normalized spacial score (nSPS) is 21.2. The first-order valence-corrected chi connectivity index (χ1v) is 6.51. The van der Waals surface area contributed by atoms with Crippen LogP contribution in [0.1, 0.15) is 24.3 Å². The molecule has 1 aliphatic carbocycles. The van der Waals surface area contributed by atoms with E-state index in [1.807, 2.05) is 7.05 Å². The summed E-state index contributed by atoms with van der Waals surface area (Å²) in [5.74, 6) is -1.83. The maximum absolute atomic E-state index is 13.6. The standard InChI is InChI=1S/C14H18F2N2O/c1-17-6-3-7-18-14(19)10-8-9(10)13-11(15)4-2-5-12(13)16/h2,4-5,9-10,17H,3,6-8H2,1H3,(H,18,19). The molecule has 1 saturated carbocycles. The fourth-order valence-electron chi connectivity index (χ4n) is 2.28. The Morgan fingerprint density at radius 1 is 1.32 bits per heavy atom. The molecule has 0 heterocycles. The van der Waals surface area contributed by atoms with Gasteiger partial charge in [0.2, 0.25) is 5.91 Å². The molecule has 3 nitrogen and oxygen atoms in total. The molecular weight excluding hydrogens is 250 g/mol. The Balaban J connectivity index is 1.88. The molecule has 5 heteroatoms. The lowest BCUT2D eigenvalue weighted by Crippen LogP contribution is -2.28. The highest BCUT2D eigenvalue weighted by Gasteiger charge is 2.46. The summed E-state index contributed by atoms with van der Waals surface area (Å²) in [5, 5.41) is 5.78. The minimum Gasteiger partial charge on any atom is -0.356 e. The van der Waals surface area contributed by atoms with Crippen LogP contribution in [-0.4, -0.2) is 26.0 Å². The summed E-state index contributed by atoms with van der Waals surface area (Å²) in [4.78, 5) is 11.8. The maximum atomic E-state index is 13.6. The van der Waals surface area contributed by atoms with Gasteiger partial charge in [0, 0.05) is 23.9 Å². The molecule has 1 aromatic rings. The van der Waals surface area contributed by atoms with E-state index in [1.54, 1.807) is 0 Å². The van der Waals surface area contributed by atoms with Crippen molar-refractivity contribution >= 4 is 5.91 Å². The van der Waals surface area contributed by atoms with Crippen LogP contribution in [0.3, 0.4) is 0 Å². The van der Waals surface area contributed by atoms with E-state index >= 15 is 0 Å². The van der Waals surface area contributed by atoms with Gasteiger partial charge in [0.1, 0.15) is 11.6 Å². The molecule has 0 spiro atoms. The van der Waals surface area contributed by atoms with Gasteiger partial charge in [-0.3, -0.25) is 4.79 Å². The van der Waals surface area contributed by atoms with Crippen LogP contribution in [0.15, 0.2) is 18.2 Å². The number of hydrogen-bond acceptors (Lipinski definition) is 2. The molecule has 1 aliphatic rings. The van der Waals surface area contributed by atoms with Crippen molar-refractivity contribution in [2.45, 2.75) is 18.8 Å². The zero-order chi connectivity index (χ0) is 13.8. The zero-order valence-electron chi connectivity index (χ0n) is 10.9. The van der Waals surface area contributed by atoms with Crippen molar-refractivity contribution in [3.63, 3.8) is 0 Å². The third kappa shape index (κ3) is 3.29. The van der Waals surface area contributed by atoms with Crippen LogP contribution < -0.4 is 10.6 Å². The number of benzene rings is 1. The van der Waals surface area contributed by atoms with Gasteiger partial charge in [-0.1, -0.05) is 6.07 Å². The molecule has 0 bridgehead atoms. The molecule has 2 atom stereocenters. The molecule has 2 rings (SSSR count). The van der Waals surface area contributed by atoms with Crippen molar-refractivity contribution in [2.24, 2.45) is 5.92 Å². The molecule has 0 saturated heterocycles. The lowest BCUT2D eigenvalue weighted by atomic mass is 10.1. The Labute approximate surface area is 111 Å². The molecule has 1 amide bonds. The van der Waals surface area contributed by atoms with Crippen molar-refractivity contribution in [1.29, 1.82) is 0 Å². The molecule has 19 heavy (non-hydrogen) atoms. The summed E-state index contributed by atoms with van der Waals surface area (Å²) < 4.78 is 27.1. The quantitative estimate of drug-likeness (QED) is 0.772. The number of hydrogen-bond donors (Lipinski definition) is 2. The predicted molar refractivity (Wildman–Crippen MR) is 68.8 cm³/mol. The van der Waals surface area contributed by atoms with Gasteiger partial charge < -0.3 is 10.6 Å². The third-order valence-corrected chi connectivity index (χ3v) is 3.40. The van der Waals surface area contributed by atoms with Gasteiger partial charge in [0.15, 0.2) is 0 Å². The van der Waals surface area contributed by atoms with E-state index in [4.69, 9.17) is 0 Å². The van der Waals surface area contributed by atoms with Crippen molar-refractivity contribution < 1.29 is 13.6 Å². The first-order chi connectivity index (χ1) is 9.15. The van der Waals surface area contributed by atoms with E-state index in [-0.39, 0.29) is 23.3 Å². The van der Waals surface area contributed by atoms with E-state index in [1.165, 1.54) is 18.2 Å². The Hall–Kier alpha value is -1.49. The highest BCUT2D eigenvalue weighted by atomic mass is 19.1. The minimum atomic E-state index is -0.560. The van der Waals surface area contributed by atoms with Gasteiger partial charge in [0.05, 0.1) is 0 Å². The molecule has 1 fully saturated rings. The van der Waals surface area contributed by atoms with Crippen molar-refractivity contribution in [3.05, 3.63) is 35.4 Å². The highest BCUT2D eigenvalue weighted by molar-refractivity contribution is 5.82. The Morgan fingerprint density at radius 2 is 2.00 bits per heavy atom. The summed E-state index contributed by atoms with van der Waals surface area (Å²) in [6.07, 6.45) is 1.36. The van der Waals surface area contributed by atoms with Crippen LogP contribution in [0.5, 0.6) is 0 Å². The van der Waals surface area contributed by atoms with Crippen LogP contribution in [0.4, 0.5) is 8.78 Å². The van der Waals surface area contributed by atoms with E-state index < -0.39 is 11.6 Å². The lowest BCUT2D eigenvalue weighted by molar-refractivity contribution is -0.122. The summed E-state index contributed by atoms with van der Waals surface area (Å²) in [5.41, 5.74) is 0.0536. The van der Waals surface area contributed by atoms with Crippen molar-refractivity contribution in [3.8, 4) is 0 Å². The van der Waals surface area contributed by atoms with Crippen LogP contribution >= 0.6 is 0 Å². The predicted octanol–water partition coefficient (Wildman–Crippen LogP) is 1.79. The smallest absolute Gasteiger partial charge is 0.223 e. The Bertz CT molecular complexity index is 445. The maximum Gasteiger partial charge on any atom is 0.223 e. The van der Waals surface area contributed by atoms with Gasteiger partial charge in [-0.2, -0.15) is 0 Å². The molecule has 0 radical (unpaired) electrons. The number of halogens is 2. The fraction of sp³-hybridized carbons (Fsp3) is 0.500. The van der Waals surface area contributed by atoms with Crippen LogP contribution in [0.25, 0.3) is 0 Å². The zero-order valence-corrected chi connectivity index (χ0v) is 10.9. The van der Waals surface area contributed by atoms with Gasteiger partial charge in [-0.15, -0.1) is 0 Å². The lowest BCUT2D eigenvalue weighted by Gasteiger charge is -2.06. The number of amides is 1. The Morgan fingerprint density at radius 3 is 2.63 bits per heavy atom. The fourth-order valence-corrected chi connectivity index (χ4v) is 2.28. The Kier molecular flexibility index (Phi) is 4.47. The summed E-state index contributed by atoms with van der Waals surface area (Å²) in [6, 6.07) is 3.81. The molecular formula is C14H18F2N2O. The SMILES string of the molecule is CNCCCNC(=O)C1CC1c1c(F)cccc1F. The van der Waals surface area contributed by atoms with Crippen molar-refractivity contribution in [1.82, 2.24) is 10.6 Å². The van der Waals surface area contributed by atoms with Gasteiger partial charge in [0.25, 0.3) is 0 Å². The topological polar surface area (TPSA) is 41.1 Å². The summed E-state index contributed by atoms with van der Waals surface area (Å²) in [7, 11) is 1.85. The van der Waals surface area contributed by atoms with Crippen molar-refractivity contribution in [2.75, 3.05) is 20.1 Å². The third-order valence-electron chi connectivity index (χ3n) is 3.40. The number of carbonyl (C=O) groups is 1. The molecule has 104 valence electrons. The first kappa shape index (κ1) is 13.9. The first-order valence-electron chi connectivity index (χ1n) is 6.51. The molecule has 0 aliphatic heterocycles. The number of nitrogens with one attached hydrogen (secondary N) is 2. The number of carbonyl (C=O) groups excluding carboxylic acids is 1. The monoisotopic (exact) mass is 268 g/mol. The summed E-state index contributed by atoms with van der Waals surface area (Å²) in [6.45, 7) is 1.42. The van der Waals surface area contributed by atoms with E-state index in [0.29, 0.717) is 13.0 Å².